The Balaban J connectivity index is 2.13. The van der Waals surface area contributed by atoms with E-state index in [1.54, 1.807) is 24.3 Å². The van der Waals surface area contributed by atoms with E-state index in [1.165, 1.54) is 0 Å². The molecule has 18 heavy (non-hydrogen) atoms. The summed E-state index contributed by atoms with van der Waals surface area (Å²) in [5, 5.41) is 15.8. The number of piperidine rings is 1. The van der Waals surface area contributed by atoms with Crippen molar-refractivity contribution in [2.75, 3.05) is 18.4 Å². The number of nitrogens with one attached hydrogen (secondary N) is 2. The van der Waals surface area contributed by atoms with E-state index in [-0.39, 0.29) is 17.1 Å². The summed E-state index contributed by atoms with van der Waals surface area (Å²) in [6.45, 7) is 3.73. The minimum Gasteiger partial charge on any atom is -0.506 e. The van der Waals surface area contributed by atoms with Crippen LogP contribution in [0.5, 0.6) is 5.75 Å². The molecule has 1 aromatic carbocycles. The summed E-state index contributed by atoms with van der Waals surface area (Å²) in [6, 6.07) is 6.83. The van der Waals surface area contributed by atoms with Crippen LogP contribution in [0.3, 0.4) is 0 Å². The molecule has 3 N–H and O–H groups in total. The van der Waals surface area contributed by atoms with E-state index in [0.717, 1.165) is 25.8 Å². The number of carbonyl (C=O) groups excluding carboxylic acids is 1. The Hall–Kier alpha value is -1.55. The first-order chi connectivity index (χ1) is 8.68. The Kier molecular flexibility index (Phi) is 3.87. The second-order valence-electron chi connectivity index (χ2n) is 4.89. The topological polar surface area (TPSA) is 61.4 Å². The van der Waals surface area contributed by atoms with Gasteiger partial charge in [0.1, 0.15) is 5.75 Å². The Morgan fingerprint density at radius 3 is 2.89 bits per heavy atom. The quantitative estimate of drug-likeness (QED) is 0.718. The molecule has 2 rings (SSSR count). The molecule has 0 bridgehead atoms. The normalized spacial score (nSPS) is 23.6. The van der Waals surface area contributed by atoms with Crippen LogP contribution in [-0.2, 0) is 4.79 Å². The average Bonchev–Trinajstić information content (AvgIpc) is 2.42. The zero-order valence-corrected chi connectivity index (χ0v) is 10.7. The lowest BCUT2D eigenvalue weighted by Crippen LogP contribution is -2.47. The summed E-state index contributed by atoms with van der Waals surface area (Å²) in [5.74, 6) is 0.111. The van der Waals surface area contributed by atoms with Gasteiger partial charge in [0.2, 0.25) is 5.91 Å². The molecular weight excluding hydrogens is 228 g/mol. The summed E-state index contributed by atoms with van der Waals surface area (Å²) in [5.41, 5.74) is 0.140. The Bertz CT molecular complexity index is 426. The molecule has 0 aromatic heterocycles. The van der Waals surface area contributed by atoms with Crippen molar-refractivity contribution in [3.8, 4) is 5.75 Å². The molecule has 1 fully saturated rings. The fourth-order valence-corrected chi connectivity index (χ4v) is 2.46. The smallest absolute Gasteiger partial charge is 0.231 e. The minimum atomic E-state index is -0.347. The third-order valence-electron chi connectivity index (χ3n) is 3.78. The van der Waals surface area contributed by atoms with Gasteiger partial charge in [0.25, 0.3) is 0 Å². The van der Waals surface area contributed by atoms with Crippen LogP contribution in [0.4, 0.5) is 5.69 Å². The summed E-state index contributed by atoms with van der Waals surface area (Å²) in [4.78, 5) is 12.4. The maximum atomic E-state index is 12.4. The van der Waals surface area contributed by atoms with E-state index in [1.807, 2.05) is 6.92 Å². The van der Waals surface area contributed by atoms with E-state index in [0.29, 0.717) is 12.2 Å². The molecule has 1 unspecified atom stereocenters. The number of aromatic hydroxyl groups is 1. The summed E-state index contributed by atoms with van der Waals surface area (Å²) < 4.78 is 0. The van der Waals surface area contributed by atoms with Crippen LogP contribution in [-0.4, -0.2) is 24.1 Å². The molecule has 1 aliphatic heterocycles. The summed E-state index contributed by atoms with van der Waals surface area (Å²) in [6.07, 6.45) is 2.72. The number of hydrogen-bond acceptors (Lipinski definition) is 3. The maximum absolute atomic E-state index is 12.4. The van der Waals surface area contributed by atoms with Crippen LogP contribution in [0.25, 0.3) is 0 Å². The molecule has 0 spiro atoms. The van der Waals surface area contributed by atoms with Gasteiger partial charge < -0.3 is 15.7 Å². The van der Waals surface area contributed by atoms with E-state index in [2.05, 4.69) is 10.6 Å². The van der Waals surface area contributed by atoms with Gasteiger partial charge in [-0.1, -0.05) is 19.1 Å². The zero-order valence-electron chi connectivity index (χ0n) is 10.7. The molecule has 1 aliphatic rings. The van der Waals surface area contributed by atoms with Crippen LogP contribution in [0.1, 0.15) is 26.2 Å². The van der Waals surface area contributed by atoms with Crippen molar-refractivity contribution in [3.63, 3.8) is 0 Å². The highest BCUT2D eigenvalue weighted by atomic mass is 16.3. The van der Waals surface area contributed by atoms with E-state index in [9.17, 15) is 9.90 Å². The predicted molar refractivity (Wildman–Crippen MR) is 71.6 cm³/mol. The maximum Gasteiger partial charge on any atom is 0.231 e. The first-order valence-corrected chi connectivity index (χ1v) is 6.48. The molecular formula is C14H20N2O2. The van der Waals surface area contributed by atoms with Crippen molar-refractivity contribution in [1.82, 2.24) is 5.32 Å². The average molecular weight is 248 g/mol. The highest BCUT2D eigenvalue weighted by Gasteiger charge is 2.37. The molecule has 0 saturated carbocycles. The number of anilines is 1. The number of phenolic OH excluding ortho intramolecular Hbond substituents is 1. The first kappa shape index (κ1) is 12.9. The van der Waals surface area contributed by atoms with Gasteiger partial charge in [0.05, 0.1) is 11.1 Å². The largest absolute Gasteiger partial charge is 0.506 e. The van der Waals surface area contributed by atoms with Gasteiger partial charge in [-0.2, -0.15) is 0 Å². The van der Waals surface area contributed by atoms with Crippen molar-refractivity contribution >= 4 is 11.6 Å². The second kappa shape index (κ2) is 5.40. The molecule has 1 atom stereocenters. The number of carbonyl (C=O) groups is 1. The van der Waals surface area contributed by atoms with Crippen molar-refractivity contribution in [3.05, 3.63) is 24.3 Å². The van der Waals surface area contributed by atoms with Crippen molar-refractivity contribution in [2.45, 2.75) is 26.2 Å². The first-order valence-electron chi connectivity index (χ1n) is 6.48. The lowest BCUT2D eigenvalue weighted by molar-refractivity contribution is -0.126. The number of hydrogen-bond donors (Lipinski definition) is 3. The van der Waals surface area contributed by atoms with E-state index < -0.39 is 0 Å². The van der Waals surface area contributed by atoms with Crippen LogP contribution < -0.4 is 10.6 Å². The fraction of sp³-hybridized carbons (Fsp3) is 0.500. The molecule has 98 valence electrons. The number of rotatable bonds is 3. The van der Waals surface area contributed by atoms with Gasteiger partial charge in [-0.3, -0.25) is 4.79 Å². The molecule has 0 radical (unpaired) electrons. The number of benzene rings is 1. The molecule has 0 aliphatic carbocycles. The molecule has 1 heterocycles. The van der Waals surface area contributed by atoms with Crippen LogP contribution in [0, 0.1) is 5.41 Å². The summed E-state index contributed by atoms with van der Waals surface area (Å²) in [7, 11) is 0. The number of amides is 1. The lowest BCUT2D eigenvalue weighted by atomic mass is 9.77. The second-order valence-corrected chi connectivity index (χ2v) is 4.89. The third-order valence-corrected chi connectivity index (χ3v) is 3.78. The van der Waals surface area contributed by atoms with Gasteiger partial charge in [0.15, 0.2) is 0 Å². The molecule has 1 saturated heterocycles. The van der Waals surface area contributed by atoms with Crippen LogP contribution in [0.2, 0.25) is 0 Å². The molecule has 4 nitrogen and oxygen atoms in total. The van der Waals surface area contributed by atoms with E-state index in [4.69, 9.17) is 0 Å². The van der Waals surface area contributed by atoms with Crippen molar-refractivity contribution in [1.29, 1.82) is 0 Å². The lowest BCUT2D eigenvalue weighted by Gasteiger charge is -2.35. The minimum absolute atomic E-state index is 0.00120. The van der Waals surface area contributed by atoms with Gasteiger partial charge in [-0.05, 0) is 37.9 Å². The molecule has 1 amide bonds. The highest BCUT2D eigenvalue weighted by molar-refractivity contribution is 5.96. The molecule has 4 heteroatoms. The zero-order chi connectivity index (χ0) is 13.0. The van der Waals surface area contributed by atoms with Gasteiger partial charge in [-0.25, -0.2) is 0 Å². The predicted octanol–water partition coefficient (Wildman–Crippen LogP) is 2.11. The monoisotopic (exact) mass is 248 g/mol. The third kappa shape index (κ3) is 2.48. The number of phenols is 1. The van der Waals surface area contributed by atoms with Gasteiger partial charge in [0, 0.05) is 6.54 Å². The Morgan fingerprint density at radius 1 is 1.50 bits per heavy atom. The highest BCUT2D eigenvalue weighted by Crippen LogP contribution is 2.32. The summed E-state index contributed by atoms with van der Waals surface area (Å²) >= 11 is 0. The van der Waals surface area contributed by atoms with Crippen LogP contribution in [0.15, 0.2) is 24.3 Å². The van der Waals surface area contributed by atoms with Crippen molar-refractivity contribution in [2.24, 2.45) is 5.41 Å². The SMILES string of the molecule is CCC1(C(=O)Nc2ccccc2O)CCCNC1. The van der Waals surface area contributed by atoms with Crippen LogP contribution >= 0.6 is 0 Å². The Morgan fingerprint density at radius 2 is 2.28 bits per heavy atom. The standard InChI is InChI=1S/C14H20N2O2/c1-2-14(8-5-9-15-10-14)13(18)16-11-6-3-4-7-12(11)17/h3-4,6-7,15,17H,2,5,8-10H2,1H3,(H,16,18). The van der Waals surface area contributed by atoms with E-state index >= 15 is 0 Å². The van der Waals surface area contributed by atoms with Gasteiger partial charge >= 0.3 is 0 Å². The van der Waals surface area contributed by atoms with Crippen molar-refractivity contribution < 1.29 is 9.90 Å². The number of para-hydroxylation sites is 2. The Labute approximate surface area is 107 Å². The molecule has 1 aromatic rings. The van der Waals surface area contributed by atoms with Gasteiger partial charge in [-0.15, -0.1) is 0 Å². The fourth-order valence-electron chi connectivity index (χ4n) is 2.46.